The average molecular weight is 389 g/mol. The number of benzene rings is 1. The van der Waals surface area contributed by atoms with Crippen molar-refractivity contribution in [2.24, 2.45) is 0 Å². The van der Waals surface area contributed by atoms with Crippen LogP contribution in [0.4, 0.5) is 0 Å². The summed E-state index contributed by atoms with van der Waals surface area (Å²) >= 11 is 0. The number of carboxylic acids is 1. The van der Waals surface area contributed by atoms with Gasteiger partial charge < -0.3 is 14.6 Å². The number of ether oxygens (including phenoxy) is 2. The fourth-order valence-corrected chi connectivity index (χ4v) is 1.67. The lowest BCUT2D eigenvalue weighted by Gasteiger charge is -2.17. The summed E-state index contributed by atoms with van der Waals surface area (Å²) in [6.07, 6.45) is 1.23. The van der Waals surface area contributed by atoms with Crippen LogP contribution in [0.2, 0.25) is 0 Å². The number of methoxy groups -OCH3 is 1. The van der Waals surface area contributed by atoms with Gasteiger partial charge in [0.05, 0.1) is 5.57 Å². The number of carboxylic acid groups (broad SMARTS) is 1. The smallest absolute Gasteiger partial charge is 0.333 e. The lowest BCUT2D eigenvalue weighted by atomic mass is 10.2. The van der Waals surface area contributed by atoms with E-state index in [4.69, 9.17) is 14.6 Å². The lowest BCUT2D eigenvalue weighted by molar-refractivity contribution is -0.140. The van der Waals surface area contributed by atoms with Crippen LogP contribution < -0.4 is 0 Å². The second-order valence-corrected chi connectivity index (χ2v) is 5.93. The minimum atomic E-state index is -1.08. The number of aliphatic carboxylic acids is 1. The topological polar surface area (TPSA) is 93.1 Å². The number of carbonyl (C=O) groups excluding carboxylic acids is 2. The zero-order valence-electron chi connectivity index (χ0n) is 16.7. The van der Waals surface area contributed by atoms with Crippen molar-refractivity contribution in [3.8, 4) is 0 Å². The molecule has 28 heavy (non-hydrogen) atoms. The van der Waals surface area contributed by atoms with Gasteiger partial charge in [-0.1, -0.05) is 43.5 Å². The van der Waals surface area contributed by atoms with Crippen LogP contribution in [-0.2, 0) is 30.5 Å². The second-order valence-electron chi connectivity index (χ2n) is 5.93. The van der Waals surface area contributed by atoms with Gasteiger partial charge in [-0.15, -0.1) is 0 Å². The van der Waals surface area contributed by atoms with Crippen molar-refractivity contribution in [3.63, 3.8) is 0 Å². The number of amides is 1. The predicted molar refractivity (Wildman–Crippen MR) is 106 cm³/mol. The minimum absolute atomic E-state index is 0.00366. The molecule has 0 unspecified atom stereocenters. The van der Waals surface area contributed by atoms with E-state index in [0.29, 0.717) is 17.8 Å². The molecule has 0 atom stereocenters. The Morgan fingerprint density at radius 2 is 1.64 bits per heavy atom. The van der Waals surface area contributed by atoms with E-state index in [9.17, 15) is 14.4 Å². The van der Waals surface area contributed by atoms with Crippen LogP contribution in [0.15, 0.2) is 66.4 Å². The van der Waals surface area contributed by atoms with Gasteiger partial charge in [-0.25, -0.2) is 9.59 Å². The predicted octanol–water partition coefficient (Wildman–Crippen LogP) is 3.29. The fraction of sp³-hybridized carbons (Fsp3) is 0.286. The van der Waals surface area contributed by atoms with E-state index in [1.807, 2.05) is 30.3 Å². The summed E-state index contributed by atoms with van der Waals surface area (Å²) in [5, 5.41) is 8.65. The second kappa shape index (κ2) is 13.1. The van der Waals surface area contributed by atoms with Gasteiger partial charge in [0.15, 0.2) is 0 Å². The monoisotopic (exact) mass is 389 g/mol. The molecule has 0 saturated heterocycles. The molecule has 0 saturated carbocycles. The summed E-state index contributed by atoms with van der Waals surface area (Å²) in [6.45, 7) is 11.9. The summed E-state index contributed by atoms with van der Waals surface area (Å²) in [6, 6.07) is 9.55. The first-order valence-corrected chi connectivity index (χ1v) is 8.33. The molecular formula is C21H27NO6. The quantitative estimate of drug-likeness (QED) is 0.417. The van der Waals surface area contributed by atoms with E-state index in [0.717, 1.165) is 10.5 Å². The molecule has 0 aliphatic carbocycles. The van der Waals surface area contributed by atoms with Gasteiger partial charge >= 0.3 is 11.9 Å². The van der Waals surface area contributed by atoms with Crippen LogP contribution in [-0.4, -0.2) is 41.7 Å². The number of hydrogen-bond acceptors (Lipinski definition) is 5. The zero-order valence-corrected chi connectivity index (χ0v) is 16.7. The molecule has 0 aromatic heterocycles. The highest BCUT2D eigenvalue weighted by Crippen LogP contribution is 2.04. The van der Waals surface area contributed by atoms with Crippen molar-refractivity contribution in [3.05, 3.63) is 72.0 Å². The average Bonchev–Trinajstić information content (AvgIpc) is 2.66. The molecule has 0 spiro atoms. The molecular weight excluding hydrogens is 362 g/mol. The highest BCUT2D eigenvalue weighted by atomic mass is 16.5. The number of rotatable bonds is 8. The Hall–Kier alpha value is -3.19. The molecule has 0 fully saturated rings. The highest BCUT2D eigenvalue weighted by Gasteiger charge is 2.13. The molecule has 0 bridgehead atoms. The standard InChI is InChI=1S/C11H12O2.C10H15NO4/c1-9(2)11(12)13-8-10-6-4-3-5-7-10;1-7(2)9(12)11(6-15-4)5-8(3)10(13)14/h3-7H,1,8H2,2H3;5H,1,6H2,2-4H3,(H,13,14). The normalized spacial score (nSPS) is 10.2. The van der Waals surface area contributed by atoms with Gasteiger partial charge in [0.1, 0.15) is 13.3 Å². The maximum atomic E-state index is 11.5. The Bertz CT molecular complexity index is 737. The zero-order chi connectivity index (χ0) is 21.7. The van der Waals surface area contributed by atoms with Gasteiger partial charge in [-0.05, 0) is 26.3 Å². The summed E-state index contributed by atoms with van der Waals surface area (Å²) in [4.78, 5) is 34.2. The minimum Gasteiger partial charge on any atom is -0.478 e. The van der Waals surface area contributed by atoms with Crippen molar-refractivity contribution >= 4 is 17.8 Å². The van der Waals surface area contributed by atoms with E-state index in [2.05, 4.69) is 13.2 Å². The molecule has 1 N–H and O–H groups in total. The molecule has 1 aromatic carbocycles. The Morgan fingerprint density at radius 3 is 2.07 bits per heavy atom. The Labute approximate surface area is 165 Å². The number of carbonyl (C=O) groups is 3. The van der Waals surface area contributed by atoms with Gasteiger partial charge in [-0.3, -0.25) is 9.69 Å². The largest absolute Gasteiger partial charge is 0.478 e. The van der Waals surface area contributed by atoms with Crippen molar-refractivity contribution in [1.29, 1.82) is 0 Å². The van der Waals surface area contributed by atoms with Crippen LogP contribution >= 0.6 is 0 Å². The van der Waals surface area contributed by atoms with Gasteiger partial charge in [0.25, 0.3) is 5.91 Å². The Balaban J connectivity index is 0.000000525. The third-order valence-electron chi connectivity index (χ3n) is 3.14. The molecule has 1 amide bonds. The van der Waals surface area contributed by atoms with E-state index in [1.165, 1.54) is 20.2 Å². The molecule has 0 aliphatic heterocycles. The Morgan fingerprint density at radius 1 is 1.07 bits per heavy atom. The molecule has 0 aliphatic rings. The summed E-state index contributed by atoms with van der Waals surface area (Å²) in [7, 11) is 1.42. The van der Waals surface area contributed by atoms with Crippen LogP contribution in [0, 0.1) is 0 Å². The van der Waals surface area contributed by atoms with E-state index < -0.39 is 5.97 Å². The van der Waals surface area contributed by atoms with Gasteiger partial charge in [-0.2, -0.15) is 0 Å². The maximum absolute atomic E-state index is 11.5. The summed E-state index contributed by atoms with van der Waals surface area (Å²) in [5.41, 5.74) is 1.79. The number of hydrogen-bond donors (Lipinski definition) is 1. The molecule has 7 heteroatoms. The molecule has 7 nitrogen and oxygen atoms in total. The summed E-state index contributed by atoms with van der Waals surface area (Å²) in [5.74, 6) is -1.79. The van der Waals surface area contributed by atoms with Crippen molar-refractivity contribution in [2.45, 2.75) is 27.4 Å². The van der Waals surface area contributed by atoms with Crippen molar-refractivity contribution in [2.75, 3.05) is 13.8 Å². The van der Waals surface area contributed by atoms with Crippen LogP contribution in [0.25, 0.3) is 0 Å². The first-order chi connectivity index (χ1) is 13.1. The molecule has 0 heterocycles. The van der Waals surface area contributed by atoms with Crippen LogP contribution in [0.5, 0.6) is 0 Å². The van der Waals surface area contributed by atoms with E-state index in [-0.39, 0.29) is 24.2 Å². The first kappa shape index (κ1) is 24.8. The third-order valence-corrected chi connectivity index (χ3v) is 3.14. The molecule has 152 valence electrons. The van der Waals surface area contributed by atoms with E-state index >= 15 is 0 Å². The van der Waals surface area contributed by atoms with Gasteiger partial charge in [0.2, 0.25) is 0 Å². The van der Waals surface area contributed by atoms with Crippen LogP contribution in [0.3, 0.4) is 0 Å². The lowest BCUT2D eigenvalue weighted by Crippen LogP contribution is -2.29. The summed E-state index contributed by atoms with van der Waals surface area (Å²) < 4.78 is 9.73. The van der Waals surface area contributed by atoms with Crippen LogP contribution in [0.1, 0.15) is 26.3 Å². The van der Waals surface area contributed by atoms with Gasteiger partial charge in [0, 0.05) is 24.5 Å². The highest BCUT2D eigenvalue weighted by molar-refractivity contribution is 5.94. The molecule has 1 rings (SSSR count). The molecule has 0 radical (unpaired) electrons. The number of esters is 1. The fourth-order valence-electron chi connectivity index (χ4n) is 1.67. The first-order valence-electron chi connectivity index (χ1n) is 8.33. The van der Waals surface area contributed by atoms with Crippen molar-refractivity contribution < 1.29 is 29.0 Å². The third kappa shape index (κ3) is 10.1. The van der Waals surface area contributed by atoms with Crippen molar-refractivity contribution in [1.82, 2.24) is 4.90 Å². The SMILES string of the molecule is C=C(C)C(=O)N(C=C(C)C(=O)O)COC.C=C(C)C(=O)OCc1ccccc1. The number of nitrogens with zero attached hydrogens (tertiary/aromatic N) is 1. The maximum Gasteiger partial charge on any atom is 0.333 e. The van der Waals surface area contributed by atoms with E-state index in [1.54, 1.807) is 13.8 Å². The Kier molecular flexibility index (Phi) is 11.6. The molecule has 1 aromatic rings.